The molecule has 0 saturated heterocycles. The zero-order chi connectivity index (χ0) is 22.8. The maximum atomic E-state index is 13.7. The van der Waals surface area contributed by atoms with E-state index in [1.807, 2.05) is 0 Å². The highest BCUT2D eigenvalue weighted by Crippen LogP contribution is 2.34. The van der Waals surface area contributed by atoms with E-state index < -0.39 is 35.2 Å². The first-order valence-electron chi connectivity index (χ1n) is 9.35. The van der Waals surface area contributed by atoms with Crippen LogP contribution in [0.4, 0.5) is 27.6 Å². The van der Waals surface area contributed by atoms with E-state index in [9.17, 15) is 26.7 Å². The molecule has 31 heavy (non-hydrogen) atoms. The highest BCUT2D eigenvalue weighted by Gasteiger charge is 2.31. The Morgan fingerprint density at radius 3 is 2.42 bits per heavy atom. The summed E-state index contributed by atoms with van der Waals surface area (Å²) >= 11 is 0. The van der Waals surface area contributed by atoms with Crippen molar-refractivity contribution in [3.8, 4) is 11.1 Å². The number of nitrogen functional groups attached to an aromatic ring is 1. The van der Waals surface area contributed by atoms with Crippen LogP contribution in [0.1, 0.15) is 29.5 Å². The Labute approximate surface area is 175 Å². The molecule has 0 saturated carbocycles. The van der Waals surface area contributed by atoms with Crippen molar-refractivity contribution in [2.45, 2.75) is 25.6 Å². The van der Waals surface area contributed by atoms with E-state index in [0.29, 0.717) is 11.1 Å². The van der Waals surface area contributed by atoms with Crippen LogP contribution in [0.5, 0.6) is 0 Å². The molecule has 0 radical (unpaired) electrons. The average molecular weight is 434 g/mol. The first-order valence-corrected chi connectivity index (χ1v) is 9.35. The van der Waals surface area contributed by atoms with Crippen molar-refractivity contribution in [1.29, 1.82) is 0 Å². The number of anilines is 1. The Bertz CT molecular complexity index is 1110. The highest BCUT2D eigenvalue weighted by atomic mass is 19.4. The van der Waals surface area contributed by atoms with Crippen LogP contribution in [-0.2, 0) is 17.5 Å². The van der Waals surface area contributed by atoms with E-state index in [0.717, 1.165) is 24.3 Å². The third-order valence-electron chi connectivity index (χ3n) is 4.94. The van der Waals surface area contributed by atoms with Gasteiger partial charge in [0.25, 0.3) is 0 Å². The number of nitrogens with two attached hydrogens (primary N) is 1. The molecular formula is C23H19F5N2O. The van der Waals surface area contributed by atoms with Gasteiger partial charge in [0, 0.05) is 6.54 Å². The third-order valence-corrected chi connectivity index (χ3v) is 4.94. The molecule has 0 fully saturated rings. The van der Waals surface area contributed by atoms with Gasteiger partial charge >= 0.3 is 6.18 Å². The summed E-state index contributed by atoms with van der Waals surface area (Å²) in [7, 11) is 0. The Morgan fingerprint density at radius 2 is 1.77 bits per heavy atom. The highest BCUT2D eigenvalue weighted by molar-refractivity contribution is 5.83. The van der Waals surface area contributed by atoms with Gasteiger partial charge in [-0.3, -0.25) is 4.79 Å². The Balaban J connectivity index is 1.86. The number of nitrogens with one attached hydrogen (secondary N) is 1. The van der Waals surface area contributed by atoms with Gasteiger partial charge in [-0.2, -0.15) is 13.2 Å². The zero-order valence-corrected chi connectivity index (χ0v) is 16.4. The van der Waals surface area contributed by atoms with E-state index in [1.165, 1.54) is 36.4 Å². The van der Waals surface area contributed by atoms with Crippen molar-refractivity contribution in [2.75, 3.05) is 5.73 Å². The summed E-state index contributed by atoms with van der Waals surface area (Å²) in [5, 5.41) is 2.65. The summed E-state index contributed by atoms with van der Waals surface area (Å²) in [5.74, 6) is -2.41. The van der Waals surface area contributed by atoms with Crippen LogP contribution in [0, 0.1) is 11.6 Å². The lowest BCUT2D eigenvalue weighted by molar-refractivity contribution is -0.137. The maximum Gasteiger partial charge on any atom is 0.416 e. The van der Waals surface area contributed by atoms with Gasteiger partial charge in [0.1, 0.15) is 11.6 Å². The molecule has 0 bridgehead atoms. The van der Waals surface area contributed by atoms with Crippen molar-refractivity contribution < 1.29 is 26.7 Å². The molecule has 1 atom stereocenters. The van der Waals surface area contributed by atoms with E-state index in [2.05, 4.69) is 5.32 Å². The number of carbonyl (C=O) groups excluding carboxylic acids is 1. The molecule has 0 aliphatic heterocycles. The maximum absolute atomic E-state index is 13.7. The second-order valence-corrected chi connectivity index (χ2v) is 7.10. The number of halogens is 5. The Kier molecular flexibility index (Phi) is 6.29. The number of carbonyl (C=O) groups is 1. The molecule has 3 aromatic carbocycles. The fourth-order valence-corrected chi connectivity index (χ4v) is 3.13. The summed E-state index contributed by atoms with van der Waals surface area (Å²) in [5.41, 5.74) is 5.71. The monoisotopic (exact) mass is 434 g/mol. The van der Waals surface area contributed by atoms with Crippen molar-refractivity contribution in [3.63, 3.8) is 0 Å². The predicted molar refractivity (Wildman–Crippen MR) is 108 cm³/mol. The van der Waals surface area contributed by atoms with E-state index >= 15 is 0 Å². The first kappa shape index (κ1) is 22.3. The fourth-order valence-electron chi connectivity index (χ4n) is 3.13. The minimum atomic E-state index is -4.57. The average Bonchev–Trinajstić information content (AvgIpc) is 2.72. The van der Waals surface area contributed by atoms with Crippen LogP contribution in [0.25, 0.3) is 11.1 Å². The quantitative estimate of drug-likeness (QED) is 0.403. The smallest absolute Gasteiger partial charge is 0.396 e. The van der Waals surface area contributed by atoms with Crippen molar-refractivity contribution >= 4 is 11.6 Å². The summed E-state index contributed by atoms with van der Waals surface area (Å²) in [6, 6.07) is 12.3. The number of rotatable bonds is 5. The summed E-state index contributed by atoms with van der Waals surface area (Å²) in [6.07, 6.45) is -4.57. The molecule has 0 aromatic heterocycles. The largest absolute Gasteiger partial charge is 0.416 e. The lowest BCUT2D eigenvalue weighted by Gasteiger charge is -2.17. The normalized spacial score (nSPS) is 12.5. The summed E-state index contributed by atoms with van der Waals surface area (Å²) in [6.45, 7) is 1.48. The molecule has 3 rings (SSSR count). The molecule has 0 aliphatic carbocycles. The Morgan fingerprint density at radius 1 is 1.03 bits per heavy atom. The number of amides is 1. The minimum absolute atomic E-state index is 0.0409. The topological polar surface area (TPSA) is 55.1 Å². The second kappa shape index (κ2) is 8.75. The lowest BCUT2D eigenvalue weighted by Crippen LogP contribution is -2.28. The number of alkyl halides is 3. The zero-order valence-electron chi connectivity index (χ0n) is 16.4. The molecule has 1 unspecified atom stereocenters. The van der Waals surface area contributed by atoms with Crippen LogP contribution in [0.3, 0.4) is 0 Å². The predicted octanol–water partition coefficient (Wildman–Crippen LogP) is 5.65. The molecule has 0 aliphatic rings. The second-order valence-electron chi connectivity index (χ2n) is 7.10. The van der Waals surface area contributed by atoms with Gasteiger partial charge in [-0.15, -0.1) is 0 Å². The van der Waals surface area contributed by atoms with Gasteiger partial charge in [-0.05, 0) is 65.6 Å². The van der Waals surface area contributed by atoms with E-state index in [4.69, 9.17) is 5.73 Å². The van der Waals surface area contributed by atoms with Gasteiger partial charge in [0.05, 0.1) is 17.2 Å². The molecule has 1 amide bonds. The van der Waals surface area contributed by atoms with Crippen molar-refractivity contribution in [1.82, 2.24) is 5.32 Å². The Hall–Kier alpha value is -3.42. The van der Waals surface area contributed by atoms with Gasteiger partial charge in [0.15, 0.2) is 0 Å². The third kappa shape index (κ3) is 5.20. The summed E-state index contributed by atoms with van der Waals surface area (Å²) in [4.78, 5) is 12.5. The van der Waals surface area contributed by atoms with Crippen LogP contribution in [-0.4, -0.2) is 5.91 Å². The molecule has 3 N–H and O–H groups in total. The van der Waals surface area contributed by atoms with Gasteiger partial charge in [-0.1, -0.05) is 24.3 Å². The molecule has 0 heterocycles. The van der Waals surface area contributed by atoms with Crippen LogP contribution in [0.15, 0.2) is 60.7 Å². The fraction of sp³-hybridized carbons (Fsp3) is 0.174. The van der Waals surface area contributed by atoms with Crippen LogP contribution < -0.4 is 11.1 Å². The van der Waals surface area contributed by atoms with Crippen molar-refractivity contribution in [3.05, 3.63) is 89.0 Å². The number of hydrogen-bond acceptors (Lipinski definition) is 2. The number of benzene rings is 3. The number of hydrogen-bond donors (Lipinski definition) is 2. The van der Waals surface area contributed by atoms with E-state index in [1.54, 1.807) is 6.92 Å². The van der Waals surface area contributed by atoms with E-state index in [-0.39, 0.29) is 23.4 Å². The van der Waals surface area contributed by atoms with Gasteiger partial charge < -0.3 is 11.1 Å². The summed E-state index contributed by atoms with van der Waals surface area (Å²) < 4.78 is 66.9. The van der Waals surface area contributed by atoms with Gasteiger partial charge in [-0.25, -0.2) is 8.78 Å². The molecule has 162 valence electrons. The SMILES string of the molecule is CC(C(=O)NCc1ccc(C(F)(F)F)cc1-c1cccc(F)c1)c1ccc(N)c(F)c1. The molecule has 0 spiro atoms. The minimum Gasteiger partial charge on any atom is -0.396 e. The first-order chi connectivity index (χ1) is 14.6. The molecule has 3 aromatic rings. The van der Waals surface area contributed by atoms with Crippen LogP contribution >= 0.6 is 0 Å². The van der Waals surface area contributed by atoms with Crippen LogP contribution in [0.2, 0.25) is 0 Å². The standard InChI is InChI=1S/C23H19F5N2O/c1-13(14-6-8-21(29)20(25)10-14)22(31)30-12-16-5-7-17(23(26,27)28)11-19(16)15-3-2-4-18(24)9-15/h2-11,13H,12,29H2,1H3,(H,30,31). The van der Waals surface area contributed by atoms with Crippen molar-refractivity contribution in [2.24, 2.45) is 0 Å². The molecule has 3 nitrogen and oxygen atoms in total. The molecular weight excluding hydrogens is 415 g/mol. The lowest BCUT2D eigenvalue weighted by atomic mass is 9.96. The van der Waals surface area contributed by atoms with Gasteiger partial charge in [0.2, 0.25) is 5.91 Å². The molecule has 8 heteroatoms.